The summed E-state index contributed by atoms with van der Waals surface area (Å²) in [6.45, 7) is 1.90. The Balaban J connectivity index is 2.80. The lowest BCUT2D eigenvalue weighted by Gasteiger charge is -2.22. The summed E-state index contributed by atoms with van der Waals surface area (Å²) in [5, 5.41) is 2.68. The quantitative estimate of drug-likeness (QED) is 0.800. The van der Waals surface area contributed by atoms with Crippen molar-refractivity contribution in [3.63, 3.8) is 0 Å². The van der Waals surface area contributed by atoms with Gasteiger partial charge in [-0.2, -0.15) is 0 Å². The molecule has 0 fully saturated rings. The maximum Gasteiger partial charge on any atom is 0.241 e. The van der Waals surface area contributed by atoms with Crippen molar-refractivity contribution in [1.29, 1.82) is 0 Å². The summed E-state index contributed by atoms with van der Waals surface area (Å²) in [6, 6.07) is 8.34. The van der Waals surface area contributed by atoms with Gasteiger partial charge in [0.2, 0.25) is 15.9 Å². The zero-order valence-corrected chi connectivity index (χ0v) is 12.7. The Morgan fingerprint density at radius 3 is 2.45 bits per heavy atom. The molecule has 1 aromatic rings. The molecule has 20 heavy (non-hydrogen) atoms. The van der Waals surface area contributed by atoms with E-state index in [9.17, 15) is 13.2 Å². The molecular formula is C13H20N2O4S. The average Bonchev–Trinajstić information content (AvgIpc) is 2.36. The molecular weight excluding hydrogens is 280 g/mol. The van der Waals surface area contributed by atoms with Crippen molar-refractivity contribution in [1.82, 2.24) is 5.32 Å². The number of nitrogens with one attached hydrogen (secondary N) is 1. The number of methoxy groups -OCH3 is 1. The third-order valence-corrected chi connectivity index (χ3v) is 3.70. The lowest BCUT2D eigenvalue weighted by Crippen LogP contribution is -2.44. The van der Waals surface area contributed by atoms with Crippen LogP contribution in [0.3, 0.4) is 0 Å². The standard InChI is InChI=1S/C13H20N2O4S/c1-11(10-19-2)14-13(16)9-15(20(3,17)18)12-7-5-4-6-8-12/h4-8,11H,9-10H2,1-3H3,(H,14,16)/t11-/m1/s1. The lowest BCUT2D eigenvalue weighted by atomic mass is 10.3. The molecule has 6 nitrogen and oxygen atoms in total. The van der Waals surface area contributed by atoms with E-state index in [1.807, 2.05) is 0 Å². The Bertz CT molecular complexity index is 531. The number of hydrogen-bond acceptors (Lipinski definition) is 4. The van der Waals surface area contributed by atoms with E-state index in [0.717, 1.165) is 10.6 Å². The zero-order valence-electron chi connectivity index (χ0n) is 11.9. The molecule has 0 radical (unpaired) electrons. The van der Waals surface area contributed by atoms with Crippen LogP contribution in [-0.2, 0) is 19.6 Å². The van der Waals surface area contributed by atoms with Crippen LogP contribution in [-0.4, -0.2) is 46.9 Å². The largest absolute Gasteiger partial charge is 0.383 e. The second kappa shape index (κ2) is 7.25. The zero-order chi connectivity index (χ0) is 15.2. The van der Waals surface area contributed by atoms with Crippen LogP contribution in [0.15, 0.2) is 30.3 Å². The summed E-state index contributed by atoms with van der Waals surface area (Å²) in [5.74, 6) is -0.371. The van der Waals surface area contributed by atoms with Crippen LogP contribution in [0, 0.1) is 0 Å². The summed E-state index contributed by atoms with van der Waals surface area (Å²) in [4.78, 5) is 11.9. The van der Waals surface area contributed by atoms with Gasteiger partial charge in [0.15, 0.2) is 0 Å². The van der Waals surface area contributed by atoms with Gasteiger partial charge in [-0.3, -0.25) is 9.10 Å². The summed E-state index contributed by atoms with van der Waals surface area (Å²) in [6.07, 6.45) is 1.08. The normalized spacial score (nSPS) is 12.8. The number of carbonyl (C=O) groups excluding carboxylic acids is 1. The predicted octanol–water partition coefficient (Wildman–Crippen LogP) is 0.604. The van der Waals surface area contributed by atoms with Crippen LogP contribution in [0.25, 0.3) is 0 Å². The molecule has 0 saturated carbocycles. The fourth-order valence-electron chi connectivity index (χ4n) is 1.74. The smallest absolute Gasteiger partial charge is 0.241 e. The predicted molar refractivity (Wildman–Crippen MR) is 78.1 cm³/mol. The molecule has 0 aliphatic carbocycles. The molecule has 0 aliphatic heterocycles. The van der Waals surface area contributed by atoms with Gasteiger partial charge in [0, 0.05) is 13.2 Å². The van der Waals surface area contributed by atoms with Crippen molar-refractivity contribution in [2.45, 2.75) is 13.0 Å². The Morgan fingerprint density at radius 1 is 1.35 bits per heavy atom. The Hall–Kier alpha value is -1.60. The van der Waals surface area contributed by atoms with Crippen LogP contribution in [0.2, 0.25) is 0 Å². The summed E-state index contributed by atoms with van der Waals surface area (Å²) in [5.41, 5.74) is 0.463. The number of hydrogen-bond donors (Lipinski definition) is 1. The fraction of sp³-hybridized carbons (Fsp3) is 0.462. The third-order valence-electron chi connectivity index (χ3n) is 2.56. The highest BCUT2D eigenvalue weighted by Crippen LogP contribution is 2.16. The van der Waals surface area contributed by atoms with Crippen LogP contribution in [0.1, 0.15) is 6.92 Å². The number of anilines is 1. The number of benzene rings is 1. The highest BCUT2D eigenvalue weighted by atomic mass is 32.2. The van der Waals surface area contributed by atoms with E-state index in [0.29, 0.717) is 12.3 Å². The molecule has 0 unspecified atom stereocenters. The van der Waals surface area contributed by atoms with Gasteiger partial charge in [-0.1, -0.05) is 18.2 Å². The number of para-hydroxylation sites is 1. The highest BCUT2D eigenvalue weighted by molar-refractivity contribution is 7.92. The first-order valence-corrected chi connectivity index (χ1v) is 8.00. The fourth-order valence-corrected chi connectivity index (χ4v) is 2.59. The summed E-state index contributed by atoms with van der Waals surface area (Å²) in [7, 11) is -1.98. The van der Waals surface area contributed by atoms with Gasteiger partial charge in [0.25, 0.3) is 0 Å². The van der Waals surface area contributed by atoms with Gasteiger partial charge in [-0.15, -0.1) is 0 Å². The second-order valence-electron chi connectivity index (χ2n) is 4.53. The van der Waals surface area contributed by atoms with Gasteiger partial charge in [0.1, 0.15) is 6.54 Å². The monoisotopic (exact) mass is 300 g/mol. The van der Waals surface area contributed by atoms with E-state index >= 15 is 0 Å². The van der Waals surface area contributed by atoms with Crippen molar-refractivity contribution < 1.29 is 17.9 Å². The summed E-state index contributed by atoms with van der Waals surface area (Å²) >= 11 is 0. The van der Waals surface area contributed by atoms with E-state index in [1.54, 1.807) is 37.3 Å². The van der Waals surface area contributed by atoms with E-state index in [1.165, 1.54) is 7.11 Å². The molecule has 1 aromatic carbocycles. The van der Waals surface area contributed by atoms with Crippen molar-refractivity contribution in [2.24, 2.45) is 0 Å². The van der Waals surface area contributed by atoms with Crippen molar-refractivity contribution in [3.05, 3.63) is 30.3 Å². The molecule has 0 bridgehead atoms. The molecule has 0 spiro atoms. The van der Waals surface area contributed by atoms with E-state index < -0.39 is 10.0 Å². The molecule has 0 aromatic heterocycles. The van der Waals surface area contributed by atoms with Gasteiger partial charge in [0.05, 0.1) is 18.6 Å². The van der Waals surface area contributed by atoms with E-state index in [2.05, 4.69) is 5.32 Å². The number of nitrogens with zero attached hydrogens (tertiary/aromatic N) is 1. The SMILES string of the molecule is COC[C@@H](C)NC(=O)CN(c1ccccc1)S(C)(=O)=O. The molecule has 0 aliphatic rings. The number of amides is 1. The van der Waals surface area contributed by atoms with Crippen molar-refractivity contribution >= 4 is 21.6 Å². The number of ether oxygens (including phenoxy) is 1. The molecule has 0 heterocycles. The van der Waals surface area contributed by atoms with E-state index in [4.69, 9.17) is 4.74 Å². The first-order valence-electron chi connectivity index (χ1n) is 6.15. The van der Waals surface area contributed by atoms with Gasteiger partial charge in [-0.25, -0.2) is 8.42 Å². The maximum atomic E-state index is 11.9. The van der Waals surface area contributed by atoms with Crippen LogP contribution in [0.5, 0.6) is 0 Å². The highest BCUT2D eigenvalue weighted by Gasteiger charge is 2.21. The maximum absolute atomic E-state index is 11.9. The first-order chi connectivity index (χ1) is 9.34. The molecule has 7 heteroatoms. The summed E-state index contributed by atoms with van der Waals surface area (Å²) < 4.78 is 29.6. The second-order valence-corrected chi connectivity index (χ2v) is 6.44. The van der Waals surface area contributed by atoms with Crippen molar-refractivity contribution in [2.75, 3.05) is 30.8 Å². The number of sulfonamides is 1. The van der Waals surface area contributed by atoms with Crippen LogP contribution in [0.4, 0.5) is 5.69 Å². The third kappa shape index (κ3) is 5.18. The number of carbonyl (C=O) groups is 1. The van der Waals surface area contributed by atoms with E-state index in [-0.39, 0.29) is 18.5 Å². The minimum Gasteiger partial charge on any atom is -0.383 e. The molecule has 1 atom stereocenters. The molecule has 112 valence electrons. The molecule has 0 saturated heterocycles. The molecule has 1 amide bonds. The van der Waals surface area contributed by atoms with Crippen LogP contribution >= 0.6 is 0 Å². The van der Waals surface area contributed by atoms with Gasteiger partial charge in [-0.05, 0) is 19.1 Å². The van der Waals surface area contributed by atoms with Crippen molar-refractivity contribution in [3.8, 4) is 0 Å². The average molecular weight is 300 g/mol. The minimum atomic E-state index is -3.52. The molecule has 1 rings (SSSR count). The lowest BCUT2D eigenvalue weighted by molar-refractivity contribution is -0.120. The molecule has 1 N–H and O–H groups in total. The Labute approximate surface area is 119 Å². The van der Waals surface area contributed by atoms with Crippen LogP contribution < -0.4 is 9.62 Å². The van der Waals surface area contributed by atoms with Gasteiger partial charge >= 0.3 is 0 Å². The minimum absolute atomic E-state index is 0.176. The Kier molecular flexibility index (Phi) is 5.97. The Morgan fingerprint density at radius 2 is 1.95 bits per heavy atom. The first kappa shape index (κ1) is 16.5. The topological polar surface area (TPSA) is 75.7 Å². The number of rotatable bonds is 7. The van der Waals surface area contributed by atoms with Gasteiger partial charge < -0.3 is 10.1 Å².